The van der Waals surface area contributed by atoms with Gasteiger partial charge in [-0.25, -0.2) is 13.1 Å². The van der Waals surface area contributed by atoms with E-state index in [2.05, 4.69) is 4.72 Å². The van der Waals surface area contributed by atoms with Crippen molar-refractivity contribution in [3.05, 3.63) is 33.9 Å². The van der Waals surface area contributed by atoms with E-state index >= 15 is 0 Å². The third-order valence-electron chi connectivity index (χ3n) is 3.08. The zero-order valence-corrected chi connectivity index (χ0v) is 12.2. The summed E-state index contributed by atoms with van der Waals surface area (Å²) in [6.07, 6.45) is 0. The first kappa shape index (κ1) is 15.6. The Morgan fingerprint density at radius 2 is 1.84 bits per heavy atom. The number of nitrogens with one attached hydrogen (secondary N) is 1. The topological polar surface area (TPSA) is 89.3 Å². The van der Waals surface area contributed by atoms with Crippen LogP contribution in [0.4, 0.5) is 5.69 Å². The minimum Gasteiger partial charge on any atom is -0.258 e. The molecule has 7 heteroatoms. The number of nitro groups is 1. The number of benzene rings is 1. The van der Waals surface area contributed by atoms with E-state index in [1.807, 2.05) is 13.8 Å². The number of rotatable bonds is 5. The molecule has 0 aliphatic carbocycles. The summed E-state index contributed by atoms with van der Waals surface area (Å²) in [5.41, 5.74) is -0.0453. The molecule has 1 N–H and O–H groups in total. The van der Waals surface area contributed by atoms with Gasteiger partial charge < -0.3 is 0 Å². The lowest BCUT2D eigenvalue weighted by atomic mass is 10.1. The second kappa shape index (κ2) is 5.66. The first-order valence-electron chi connectivity index (χ1n) is 5.93. The van der Waals surface area contributed by atoms with Crippen molar-refractivity contribution in [1.82, 2.24) is 4.72 Å². The van der Waals surface area contributed by atoms with Crippen LogP contribution in [-0.2, 0) is 10.0 Å². The molecule has 19 heavy (non-hydrogen) atoms. The monoisotopic (exact) mass is 286 g/mol. The fraction of sp³-hybridized carbons (Fsp3) is 0.500. The van der Waals surface area contributed by atoms with Crippen molar-refractivity contribution >= 4 is 15.7 Å². The SMILES string of the molecule is Cc1c([N+](=O)[O-])cccc1S(=O)(=O)NC(C)C(C)C. The molecule has 0 spiro atoms. The molecule has 0 heterocycles. The molecule has 106 valence electrons. The van der Waals surface area contributed by atoms with E-state index in [9.17, 15) is 18.5 Å². The van der Waals surface area contributed by atoms with Gasteiger partial charge in [-0.3, -0.25) is 10.1 Å². The maximum atomic E-state index is 12.2. The fourth-order valence-corrected chi connectivity index (χ4v) is 3.19. The maximum absolute atomic E-state index is 12.2. The van der Waals surface area contributed by atoms with Crippen LogP contribution >= 0.6 is 0 Å². The normalized spacial score (nSPS) is 13.5. The largest absolute Gasteiger partial charge is 0.273 e. The highest BCUT2D eigenvalue weighted by molar-refractivity contribution is 7.89. The van der Waals surface area contributed by atoms with Crippen LogP contribution in [0, 0.1) is 23.0 Å². The van der Waals surface area contributed by atoms with E-state index in [0.717, 1.165) is 0 Å². The molecule has 0 amide bonds. The average molecular weight is 286 g/mol. The molecule has 0 fully saturated rings. The molecule has 1 rings (SSSR count). The van der Waals surface area contributed by atoms with E-state index in [0.29, 0.717) is 0 Å². The molecular weight excluding hydrogens is 268 g/mol. The van der Waals surface area contributed by atoms with E-state index in [4.69, 9.17) is 0 Å². The van der Waals surface area contributed by atoms with E-state index < -0.39 is 14.9 Å². The summed E-state index contributed by atoms with van der Waals surface area (Å²) in [5, 5.41) is 10.8. The van der Waals surface area contributed by atoms with Gasteiger partial charge in [-0.2, -0.15) is 0 Å². The lowest BCUT2D eigenvalue weighted by Crippen LogP contribution is -2.36. The summed E-state index contributed by atoms with van der Waals surface area (Å²) in [4.78, 5) is 10.2. The van der Waals surface area contributed by atoms with Crippen molar-refractivity contribution in [2.24, 2.45) is 5.92 Å². The molecule has 0 aliphatic heterocycles. The Kier molecular flexibility index (Phi) is 4.65. The van der Waals surface area contributed by atoms with Gasteiger partial charge in [-0.1, -0.05) is 19.9 Å². The second-order valence-electron chi connectivity index (χ2n) is 4.81. The molecule has 0 radical (unpaired) electrons. The number of sulfonamides is 1. The van der Waals surface area contributed by atoms with Gasteiger partial charge in [-0.15, -0.1) is 0 Å². The predicted molar refractivity (Wildman–Crippen MR) is 72.5 cm³/mol. The number of hydrogen-bond acceptors (Lipinski definition) is 4. The Hall–Kier alpha value is -1.47. The van der Waals surface area contributed by atoms with Gasteiger partial charge in [0.2, 0.25) is 10.0 Å². The number of hydrogen-bond donors (Lipinski definition) is 1. The highest BCUT2D eigenvalue weighted by atomic mass is 32.2. The molecule has 1 unspecified atom stereocenters. The predicted octanol–water partition coefficient (Wildman–Crippen LogP) is 2.23. The molecular formula is C12H18N2O4S. The Labute approximate surface area is 113 Å². The molecule has 1 aromatic carbocycles. The molecule has 0 aliphatic rings. The Bertz CT molecular complexity index is 581. The third kappa shape index (κ3) is 3.51. The van der Waals surface area contributed by atoms with Crippen molar-refractivity contribution in [1.29, 1.82) is 0 Å². The molecule has 1 atom stereocenters. The lowest BCUT2D eigenvalue weighted by molar-refractivity contribution is -0.385. The molecule has 0 saturated heterocycles. The van der Waals surface area contributed by atoms with Crippen LogP contribution in [-0.4, -0.2) is 19.4 Å². The zero-order chi connectivity index (χ0) is 14.8. The van der Waals surface area contributed by atoms with Crippen molar-refractivity contribution in [3.8, 4) is 0 Å². The maximum Gasteiger partial charge on any atom is 0.273 e. The Morgan fingerprint density at radius 3 is 2.32 bits per heavy atom. The quantitative estimate of drug-likeness (QED) is 0.664. The highest BCUT2D eigenvalue weighted by Gasteiger charge is 2.24. The molecule has 6 nitrogen and oxygen atoms in total. The number of nitrogens with zero attached hydrogens (tertiary/aromatic N) is 1. The third-order valence-corrected chi connectivity index (χ3v) is 4.79. The van der Waals surface area contributed by atoms with Gasteiger partial charge in [0.25, 0.3) is 5.69 Å². The molecule has 0 bridgehead atoms. The summed E-state index contributed by atoms with van der Waals surface area (Å²) in [5.74, 6) is 0.133. The van der Waals surface area contributed by atoms with Crippen molar-refractivity contribution in [2.75, 3.05) is 0 Å². The minimum absolute atomic E-state index is 0.0470. The second-order valence-corrected chi connectivity index (χ2v) is 6.49. The summed E-state index contributed by atoms with van der Waals surface area (Å²) in [6, 6.07) is 3.79. The van der Waals surface area contributed by atoms with Gasteiger partial charge in [0.05, 0.1) is 9.82 Å². The summed E-state index contributed by atoms with van der Waals surface area (Å²) in [7, 11) is -3.75. The van der Waals surface area contributed by atoms with Crippen LogP contribution in [0.5, 0.6) is 0 Å². The van der Waals surface area contributed by atoms with Crippen molar-refractivity contribution in [2.45, 2.75) is 38.6 Å². The molecule has 0 saturated carbocycles. The van der Waals surface area contributed by atoms with Crippen LogP contribution in [0.25, 0.3) is 0 Å². The van der Waals surface area contributed by atoms with Gasteiger partial charge in [0.15, 0.2) is 0 Å². The summed E-state index contributed by atoms with van der Waals surface area (Å²) in [6.45, 7) is 6.99. The lowest BCUT2D eigenvalue weighted by Gasteiger charge is -2.18. The highest BCUT2D eigenvalue weighted by Crippen LogP contribution is 2.25. The van der Waals surface area contributed by atoms with Crippen LogP contribution in [0.1, 0.15) is 26.3 Å². The van der Waals surface area contributed by atoms with Gasteiger partial charge in [0.1, 0.15) is 0 Å². The zero-order valence-electron chi connectivity index (χ0n) is 11.4. The Balaban J connectivity index is 3.23. The van der Waals surface area contributed by atoms with E-state index in [1.54, 1.807) is 6.92 Å². The van der Waals surface area contributed by atoms with Gasteiger partial charge in [0, 0.05) is 17.7 Å². The van der Waals surface area contributed by atoms with E-state index in [-0.39, 0.29) is 28.1 Å². The Morgan fingerprint density at radius 1 is 1.26 bits per heavy atom. The average Bonchev–Trinajstić information content (AvgIpc) is 2.27. The first-order valence-corrected chi connectivity index (χ1v) is 7.41. The molecule has 0 aromatic heterocycles. The van der Waals surface area contributed by atoms with Crippen LogP contribution in [0.2, 0.25) is 0 Å². The smallest absolute Gasteiger partial charge is 0.258 e. The first-order chi connectivity index (χ1) is 8.66. The van der Waals surface area contributed by atoms with Crippen LogP contribution in [0.15, 0.2) is 23.1 Å². The van der Waals surface area contributed by atoms with Crippen molar-refractivity contribution in [3.63, 3.8) is 0 Å². The summed E-state index contributed by atoms with van der Waals surface area (Å²) >= 11 is 0. The van der Waals surface area contributed by atoms with Gasteiger partial charge in [-0.05, 0) is 25.8 Å². The summed E-state index contributed by atoms with van der Waals surface area (Å²) < 4.78 is 26.9. The fourth-order valence-electron chi connectivity index (χ4n) is 1.54. The van der Waals surface area contributed by atoms with Crippen LogP contribution in [0.3, 0.4) is 0 Å². The minimum atomic E-state index is -3.75. The van der Waals surface area contributed by atoms with Crippen LogP contribution < -0.4 is 4.72 Å². The van der Waals surface area contributed by atoms with E-state index in [1.165, 1.54) is 25.1 Å². The van der Waals surface area contributed by atoms with Crippen molar-refractivity contribution < 1.29 is 13.3 Å². The molecule has 1 aromatic rings. The van der Waals surface area contributed by atoms with Gasteiger partial charge >= 0.3 is 0 Å². The standard InChI is InChI=1S/C12H18N2O4S/c1-8(2)10(4)13-19(17,18)12-7-5-6-11(9(12)3)14(15)16/h5-8,10,13H,1-4H3. The number of nitro benzene ring substituents is 1.